The van der Waals surface area contributed by atoms with E-state index < -0.39 is 0 Å². The Morgan fingerprint density at radius 2 is 1.85 bits per heavy atom. The highest BCUT2D eigenvalue weighted by Crippen LogP contribution is 2.39. The van der Waals surface area contributed by atoms with Crippen molar-refractivity contribution in [1.82, 2.24) is 4.98 Å². The molecule has 4 aromatic rings. The molecular formula is C24H21NO. The van der Waals surface area contributed by atoms with Gasteiger partial charge in [0.05, 0.1) is 11.2 Å². The summed E-state index contributed by atoms with van der Waals surface area (Å²) in [5, 5.41) is 13.8. The highest BCUT2D eigenvalue weighted by Gasteiger charge is 2.23. The first-order valence-corrected chi connectivity index (χ1v) is 9.33. The summed E-state index contributed by atoms with van der Waals surface area (Å²) in [7, 11) is 0. The number of hydrogen-bond donors (Lipinski definition) is 1. The van der Waals surface area contributed by atoms with Crippen molar-refractivity contribution in [3.05, 3.63) is 71.8 Å². The number of rotatable bonds is 1. The molecular weight excluding hydrogens is 318 g/mol. The third-order valence-electron chi connectivity index (χ3n) is 5.65. The molecule has 26 heavy (non-hydrogen) atoms. The van der Waals surface area contributed by atoms with Crippen molar-refractivity contribution in [2.75, 3.05) is 0 Å². The van der Waals surface area contributed by atoms with E-state index in [4.69, 9.17) is 4.98 Å². The Kier molecular flexibility index (Phi) is 3.46. The highest BCUT2D eigenvalue weighted by atomic mass is 16.3. The number of nitrogens with zero attached hydrogens (tertiary/aromatic N) is 1. The van der Waals surface area contributed by atoms with E-state index in [0.29, 0.717) is 11.7 Å². The van der Waals surface area contributed by atoms with E-state index in [1.807, 2.05) is 12.1 Å². The van der Waals surface area contributed by atoms with E-state index in [9.17, 15) is 5.11 Å². The molecule has 1 aromatic heterocycles. The SMILES string of the molecule is C[C@@H]1CCc2c(c(-c3cccc(O)c3)nc3ccc4ccccc4c23)C1. The number of pyridine rings is 1. The summed E-state index contributed by atoms with van der Waals surface area (Å²) in [6.45, 7) is 2.32. The Hall–Kier alpha value is -2.87. The molecule has 1 aliphatic rings. The molecule has 2 heteroatoms. The van der Waals surface area contributed by atoms with Crippen molar-refractivity contribution in [1.29, 1.82) is 0 Å². The van der Waals surface area contributed by atoms with E-state index in [1.165, 1.54) is 33.7 Å². The lowest BCUT2D eigenvalue weighted by atomic mass is 9.80. The molecule has 5 rings (SSSR count). The van der Waals surface area contributed by atoms with Crippen LogP contribution in [0.1, 0.15) is 24.5 Å². The second-order valence-corrected chi connectivity index (χ2v) is 7.50. The molecule has 1 N–H and O–H groups in total. The zero-order valence-electron chi connectivity index (χ0n) is 14.9. The lowest BCUT2D eigenvalue weighted by Gasteiger charge is -2.26. The Labute approximate surface area is 153 Å². The second kappa shape index (κ2) is 5.84. The van der Waals surface area contributed by atoms with Crippen LogP contribution in [0.2, 0.25) is 0 Å². The molecule has 0 spiro atoms. The normalized spacial score (nSPS) is 16.7. The summed E-state index contributed by atoms with van der Waals surface area (Å²) in [5.41, 5.74) is 5.90. The van der Waals surface area contributed by atoms with Gasteiger partial charge in [-0.05, 0) is 65.3 Å². The van der Waals surface area contributed by atoms with Crippen LogP contribution >= 0.6 is 0 Å². The molecule has 0 unspecified atom stereocenters. The summed E-state index contributed by atoms with van der Waals surface area (Å²) in [6, 6.07) is 20.4. The Bertz CT molecular complexity index is 1150. The summed E-state index contributed by atoms with van der Waals surface area (Å²) in [4.78, 5) is 5.07. The number of phenols is 1. The molecule has 0 radical (unpaired) electrons. The van der Waals surface area contributed by atoms with Crippen LogP contribution in [0.4, 0.5) is 0 Å². The Balaban J connectivity index is 1.90. The van der Waals surface area contributed by atoms with Crippen molar-refractivity contribution < 1.29 is 5.11 Å². The van der Waals surface area contributed by atoms with Gasteiger partial charge >= 0.3 is 0 Å². The van der Waals surface area contributed by atoms with Crippen LogP contribution in [0.5, 0.6) is 5.75 Å². The summed E-state index contributed by atoms with van der Waals surface area (Å²) < 4.78 is 0. The van der Waals surface area contributed by atoms with Crippen molar-refractivity contribution in [2.24, 2.45) is 5.92 Å². The van der Waals surface area contributed by atoms with Gasteiger partial charge in [-0.25, -0.2) is 4.98 Å². The van der Waals surface area contributed by atoms with Crippen LogP contribution in [-0.4, -0.2) is 10.1 Å². The molecule has 3 aromatic carbocycles. The predicted molar refractivity (Wildman–Crippen MR) is 108 cm³/mol. The fourth-order valence-electron chi connectivity index (χ4n) is 4.38. The van der Waals surface area contributed by atoms with E-state index in [-0.39, 0.29) is 0 Å². The number of benzene rings is 3. The third-order valence-corrected chi connectivity index (χ3v) is 5.65. The zero-order valence-corrected chi connectivity index (χ0v) is 14.9. The molecule has 0 bridgehead atoms. The lowest BCUT2D eigenvalue weighted by Crippen LogP contribution is -2.14. The van der Waals surface area contributed by atoms with Gasteiger partial charge in [-0.3, -0.25) is 0 Å². The van der Waals surface area contributed by atoms with Gasteiger partial charge in [-0.1, -0.05) is 49.4 Å². The quantitative estimate of drug-likeness (QED) is 0.439. The van der Waals surface area contributed by atoms with Crippen LogP contribution in [-0.2, 0) is 12.8 Å². The first kappa shape index (κ1) is 15.4. The zero-order chi connectivity index (χ0) is 17.7. The average Bonchev–Trinajstić information content (AvgIpc) is 2.66. The van der Waals surface area contributed by atoms with E-state index in [1.54, 1.807) is 6.07 Å². The summed E-state index contributed by atoms with van der Waals surface area (Å²) >= 11 is 0. The lowest BCUT2D eigenvalue weighted by molar-refractivity contribution is 0.475. The average molecular weight is 339 g/mol. The minimum Gasteiger partial charge on any atom is -0.508 e. The van der Waals surface area contributed by atoms with Gasteiger partial charge in [-0.15, -0.1) is 0 Å². The van der Waals surface area contributed by atoms with Gasteiger partial charge in [0.1, 0.15) is 5.75 Å². The van der Waals surface area contributed by atoms with E-state index in [0.717, 1.165) is 29.6 Å². The molecule has 0 saturated carbocycles. The maximum absolute atomic E-state index is 9.96. The molecule has 0 aliphatic heterocycles. The van der Waals surface area contributed by atoms with Crippen molar-refractivity contribution in [2.45, 2.75) is 26.2 Å². The summed E-state index contributed by atoms with van der Waals surface area (Å²) in [5.74, 6) is 0.952. The van der Waals surface area contributed by atoms with Gasteiger partial charge in [0.25, 0.3) is 0 Å². The maximum Gasteiger partial charge on any atom is 0.116 e. The molecule has 0 fully saturated rings. The van der Waals surface area contributed by atoms with Crippen LogP contribution in [0.15, 0.2) is 60.7 Å². The van der Waals surface area contributed by atoms with Crippen molar-refractivity contribution in [3.63, 3.8) is 0 Å². The van der Waals surface area contributed by atoms with Gasteiger partial charge in [0.15, 0.2) is 0 Å². The fraction of sp³-hybridized carbons (Fsp3) is 0.208. The molecule has 2 nitrogen and oxygen atoms in total. The van der Waals surface area contributed by atoms with Gasteiger partial charge in [0, 0.05) is 10.9 Å². The van der Waals surface area contributed by atoms with Crippen molar-refractivity contribution >= 4 is 21.7 Å². The van der Waals surface area contributed by atoms with Crippen LogP contribution in [0, 0.1) is 5.92 Å². The Morgan fingerprint density at radius 3 is 2.73 bits per heavy atom. The van der Waals surface area contributed by atoms with E-state index >= 15 is 0 Å². The van der Waals surface area contributed by atoms with Crippen LogP contribution in [0.3, 0.4) is 0 Å². The molecule has 1 heterocycles. The monoisotopic (exact) mass is 339 g/mol. The Morgan fingerprint density at radius 1 is 0.962 bits per heavy atom. The van der Waals surface area contributed by atoms with Gasteiger partial charge < -0.3 is 5.11 Å². The number of hydrogen-bond acceptors (Lipinski definition) is 2. The number of aryl methyl sites for hydroxylation is 1. The second-order valence-electron chi connectivity index (χ2n) is 7.50. The highest BCUT2D eigenvalue weighted by molar-refractivity contribution is 6.09. The summed E-state index contributed by atoms with van der Waals surface area (Å²) in [6.07, 6.45) is 3.36. The number of aromatic hydroxyl groups is 1. The largest absolute Gasteiger partial charge is 0.508 e. The molecule has 128 valence electrons. The van der Waals surface area contributed by atoms with Crippen molar-refractivity contribution in [3.8, 4) is 17.0 Å². The number of aromatic nitrogens is 1. The van der Waals surface area contributed by atoms with Gasteiger partial charge in [0.2, 0.25) is 0 Å². The number of fused-ring (bicyclic) bond motifs is 5. The molecule has 1 aliphatic carbocycles. The van der Waals surface area contributed by atoms with Gasteiger partial charge in [-0.2, -0.15) is 0 Å². The third kappa shape index (κ3) is 2.37. The predicted octanol–water partition coefficient (Wildman–Crippen LogP) is 5.89. The molecule has 0 amide bonds. The van der Waals surface area contributed by atoms with Crippen LogP contribution < -0.4 is 0 Å². The van der Waals surface area contributed by atoms with E-state index in [2.05, 4.69) is 49.4 Å². The minimum absolute atomic E-state index is 0.292. The standard InChI is InChI=1S/C24H21NO/c1-15-9-11-20-21(13-15)24(17-6-4-7-18(26)14-17)25-22-12-10-16-5-2-3-8-19(16)23(20)22/h2-8,10,12,14-15,26H,9,11,13H2,1H3/t15-/m1/s1. The molecule has 0 saturated heterocycles. The maximum atomic E-state index is 9.96. The first-order chi connectivity index (χ1) is 12.7. The number of phenolic OH excluding ortho intramolecular Hbond substituents is 1. The smallest absolute Gasteiger partial charge is 0.116 e. The van der Waals surface area contributed by atoms with Crippen LogP contribution in [0.25, 0.3) is 32.9 Å². The topological polar surface area (TPSA) is 33.1 Å². The minimum atomic E-state index is 0.292. The fourth-order valence-corrected chi connectivity index (χ4v) is 4.38. The first-order valence-electron chi connectivity index (χ1n) is 9.33. The molecule has 1 atom stereocenters.